The van der Waals surface area contributed by atoms with Crippen LogP contribution in [0.25, 0.3) is 0 Å². The molecule has 27 heavy (non-hydrogen) atoms. The van der Waals surface area contributed by atoms with E-state index in [1.165, 1.54) is 0 Å². The Kier molecular flexibility index (Phi) is 8.72. The van der Waals surface area contributed by atoms with Crippen molar-refractivity contribution in [3.63, 3.8) is 0 Å². The smallest absolute Gasteiger partial charge is 0.237 e. The molecule has 2 amide bonds. The number of piperazine rings is 1. The van der Waals surface area contributed by atoms with Gasteiger partial charge in [0.25, 0.3) is 0 Å². The van der Waals surface area contributed by atoms with E-state index >= 15 is 0 Å². The number of carbonyl (C=O) groups is 2. The highest BCUT2D eigenvalue weighted by Gasteiger charge is 2.43. The Morgan fingerprint density at radius 3 is 2.81 bits per heavy atom. The van der Waals surface area contributed by atoms with Crippen molar-refractivity contribution in [3.8, 4) is 0 Å². The molecule has 2 rings (SSSR count). The number of carbonyl (C=O) groups excluding carboxylic acids is 2. The van der Waals surface area contributed by atoms with E-state index in [2.05, 4.69) is 20.9 Å². The summed E-state index contributed by atoms with van der Waals surface area (Å²) in [7, 11) is 1.65. The van der Waals surface area contributed by atoms with Gasteiger partial charge in [-0.05, 0) is 38.9 Å². The molecule has 3 atom stereocenters. The van der Waals surface area contributed by atoms with Crippen LogP contribution in [0, 0.1) is 0 Å². The van der Waals surface area contributed by atoms with Crippen LogP contribution in [0.4, 0.5) is 0 Å². The fourth-order valence-corrected chi connectivity index (χ4v) is 4.14. The molecular weight excluding hydrogens is 366 g/mol. The molecule has 8 nitrogen and oxygen atoms in total. The Morgan fingerprint density at radius 2 is 2.15 bits per heavy atom. The SMILES string of the molecule is CCN(CC)C(=O)CCC1CNC(=O)C2CC(NC(=S)NCCOC)CN12. The molecule has 0 radical (unpaired) electrons. The average Bonchev–Trinajstić information content (AvgIpc) is 3.07. The van der Waals surface area contributed by atoms with E-state index in [1.54, 1.807) is 7.11 Å². The van der Waals surface area contributed by atoms with Crippen LogP contribution in [0.2, 0.25) is 0 Å². The molecule has 2 heterocycles. The highest BCUT2D eigenvalue weighted by Crippen LogP contribution is 2.26. The van der Waals surface area contributed by atoms with Gasteiger partial charge in [0.05, 0.1) is 12.6 Å². The summed E-state index contributed by atoms with van der Waals surface area (Å²) in [6, 6.07) is 0.169. The highest BCUT2D eigenvalue weighted by molar-refractivity contribution is 7.80. The maximum absolute atomic E-state index is 12.3. The molecule has 2 fully saturated rings. The van der Waals surface area contributed by atoms with Crippen molar-refractivity contribution in [2.75, 3.05) is 46.4 Å². The van der Waals surface area contributed by atoms with Crippen LogP contribution in [-0.2, 0) is 14.3 Å². The van der Waals surface area contributed by atoms with E-state index < -0.39 is 0 Å². The van der Waals surface area contributed by atoms with E-state index in [-0.39, 0.29) is 29.9 Å². The fourth-order valence-electron chi connectivity index (χ4n) is 3.88. The zero-order chi connectivity index (χ0) is 19.8. The van der Waals surface area contributed by atoms with Crippen molar-refractivity contribution < 1.29 is 14.3 Å². The zero-order valence-electron chi connectivity index (χ0n) is 16.6. The van der Waals surface area contributed by atoms with Gasteiger partial charge in [-0.1, -0.05) is 0 Å². The molecule has 0 spiro atoms. The van der Waals surface area contributed by atoms with Gasteiger partial charge in [0.2, 0.25) is 11.8 Å². The van der Waals surface area contributed by atoms with E-state index in [0.717, 1.165) is 32.5 Å². The van der Waals surface area contributed by atoms with E-state index in [4.69, 9.17) is 17.0 Å². The molecule has 3 N–H and O–H groups in total. The molecule has 0 bridgehead atoms. The minimum Gasteiger partial charge on any atom is -0.383 e. The van der Waals surface area contributed by atoms with Gasteiger partial charge in [0, 0.05) is 58.3 Å². The van der Waals surface area contributed by atoms with Crippen LogP contribution in [0.5, 0.6) is 0 Å². The lowest BCUT2D eigenvalue weighted by molar-refractivity contribution is -0.132. The van der Waals surface area contributed by atoms with Crippen LogP contribution in [0.1, 0.15) is 33.1 Å². The first-order valence-corrected chi connectivity index (χ1v) is 10.2. The third kappa shape index (κ3) is 6.02. The third-order valence-electron chi connectivity index (χ3n) is 5.36. The van der Waals surface area contributed by atoms with Crippen molar-refractivity contribution in [2.24, 2.45) is 0 Å². The molecular formula is C18H33N5O3S. The molecule has 9 heteroatoms. The summed E-state index contributed by atoms with van der Waals surface area (Å²) in [5.74, 6) is 0.259. The van der Waals surface area contributed by atoms with Crippen molar-refractivity contribution in [1.82, 2.24) is 25.8 Å². The van der Waals surface area contributed by atoms with E-state index in [1.807, 2.05) is 18.7 Å². The second kappa shape index (κ2) is 10.8. The summed E-state index contributed by atoms with van der Waals surface area (Å²) >= 11 is 5.32. The Balaban J connectivity index is 1.87. The van der Waals surface area contributed by atoms with Gasteiger partial charge < -0.3 is 25.6 Å². The van der Waals surface area contributed by atoms with Gasteiger partial charge in [0.15, 0.2) is 5.11 Å². The minimum atomic E-state index is -0.147. The number of ether oxygens (including phenoxy) is 1. The van der Waals surface area contributed by atoms with Gasteiger partial charge in [-0.15, -0.1) is 0 Å². The molecule has 0 aromatic rings. The maximum Gasteiger partial charge on any atom is 0.237 e. The van der Waals surface area contributed by atoms with Crippen LogP contribution < -0.4 is 16.0 Å². The zero-order valence-corrected chi connectivity index (χ0v) is 17.4. The molecule has 0 aromatic carbocycles. The van der Waals surface area contributed by atoms with Crippen LogP contribution >= 0.6 is 12.2 Å². The summed E-state index contributed by atoms with van der Waals surface area (Å²) in [5, 5.41) is 10.0. The molecule has 0 aliphatic carbocycles. The second-order valence-electron chi connectivity index (χ2n) is 7.04. The number of fused-ring (bicyclic) bond motifs is 1. The molecule has 154 valence electrons. The fraction of sp³-hybridized carbons (Fsp3) is 0.833. The van der Waals surface area contributed by atoms with Gasteiger partial charge in [0.1, 0.15) is 0 Å². The number of hydrogen-bond donors (Lipinski definition) is 3. The number of rotatable bonds is 9. The first kappa shape index (κ1) is 21.8. The quantitative estimate of drug-likeness (QED) is 0.362. The molecule has 2 aliphatic heterocycles. The standard InChI is InChI=1S/C18H33N5O3S/c1-4-22(5-2)16(24)7-6-14-11-20-17(25)15-10-13(12-23(14)15)21-18(27)19-8-9-26-3/h13-15H,4-12H2,1-3H3,(H,20,25)(H2,19,21,27). The van der Waals surface area contributed by atoms with Crippen molar-refractivity contribution in [2.45, 2.75) is 51.2 Å². The summed E-state index contributed by atoms with van der Waals surface area (Å²) in [4.78, 5) is 28.7. The van der Waals surface area contributed by atoms with Gasteiger partial charge in [-0.2, -0.15) is 0 Å². The first-order valence-electron chi connectivity index (χ1n) is 9.84. The van der Waals surface area contributed by atoms with Gasteiger partial charge in [-0.3, -0.25) is 14.5 Å². The van der Waals surface area contributed by atoms with Gasteiger partial charge in [-0.25, -0.2) is 0 Å². The van der Waals surface area contributed by atoms with Crippen LogP contribution in [0.3, 0.4) is 0 Å². The predicted molar refractivity (Wildman–Crippen MR) is 108 cm³/mol. The topological polar surface area (TPSA) is 85.9 Å². The first-order chi connectivity index (χ1) is 13.0. The largest absolute Gasteiger partial charge is 0.383 e. The maximum atomic E-state index is 12.3. The highest BCUT2D eigenvalue weighted by atomic mass is 32.1. The van der Waals surface area contributed by atoms with E-state index in [0.29, 0.717) is 31.2 Å². The summed E-state index contributed by atoms with van der Waals surface area (Å²) in [6.45, 7) is 8.08. The summed E-state index contributed by atoms with van der Waals surface area (Å²) < 4.78 is 5.00. The number of nitrogens with zero attached hydrogens (tertiary/aromatic N) is 2. The third-order valence-corrected chi connectivity index (χ3v) is 5.62. The Morgan fingerprint density at radius 1 is 1.41 bits per heavy atom. The van der Waals surface area contributed by atoms with Crippen molar-refractivity contribution >= 4 is 29.1 Å². The second-order valence-corrected chi connectivity index (χ2v) is 7.45. The van der Waals surface area contributed by atoms with Crippen LogP contribution in [-0.4, -0.2) is 91.3 Å². The molecule has 0 saturated carbocycles. The lowest BCUT2D eigenvalue weighted by atomic mass is 10.0. The Bertz CT molecular complexity index is 529. The van der Waals surface area contributed by atoms with Gasteiger partial charge >= 0.3 is 0 Å². The van der Waals surface area contributed by atoms with E-state index in [9.17, 15) is 9.59 Å². The van der Waals surface area contributed by atoms with Crippen molar-refractivity contribution in [1.29, 1.82) is 0 Å². The number of methoxy groups -OCH3 is 1. The van der Waals surface area contributed by atoms with Crippen molar-refractivity contribution in [3.05, 3.63) is 0 Å². The lowest BCUT2D eigenvalue weighted by Gasteiger charge is -2.37. The Hall–Kier alpha value is -1.45. The predicted octanol–water partition coefficient (Wildman–Crippen LogP) is -0.313. The number of nitrogens with one attached hydrogen (secondary N) is 3. The minimum absolute atomic E-state index is 0.0730. The number of hydrogen-bond acceptors (Lipinski definition) is 5. The number of amides is 2. The summed E-state index contributed by atoms with van der Waals surface area (Å²) in [6.07, 6.45) is 1.99. The summed E-state index contributed by atoms with van der Waals surface area (Å²) in [5.41, 5.74) is 0. The average molecular weight is 400 g/mol. The molecule has 0 aromatic heterocycles. The lowest BCUT2D eigenvalue weighted by Crippen LogP contribution is -2.58. The van der Waals surface area contributed by atoms with Crippen LogP contribution in [0.15, 0.2) is 0 Å². The Labute approximate surface area is 167 Å². The normalized spacial score (nSPS) is 24.9. The number of thiocarbonyl (C=S) groups is 1. The molecule has 3 unspecified atom stereocenters. The monoisotopic (exact) mass is 399 g/mol. The molecule has 2 saturated heterocycles. The molecule has 2 aliphatic rings.